The van der Waals surface area contributed by atoms with E-state index < -0.39 is 11.7 Å². The van der Waals surface area contributed by atoms with Gasteiger partial charge in [0.1, 0.15) is 10.8 Å². The number of phenols is 1. The lowest BCUT2D eigenvalue weighted by Gasteiger charge is -2.06. The van der Waals surface area contributed by atoms with Gasteiger partial charge in [-0.25, -0.2) is 4.98 Å². The van der Waals surface area contributed by atoms with Crippen LogP contribution in [-0.4, -0.2) is 14.5 Å². The number of aromatic nitrogens is 2. The minimum Gasteiger partial charge on any atom is -0.508 e. The molecule has 0 bridgehead atoms. The summed E-state index contributed by atoms with van der Waals surface area (Å²) in [6.07, 6.45) is -4.35. The van der Waals surface area contributed by atoms with Crippen molar-refractivity contribution in [2.75, 3.05) is 0 Å². The monoisotopic (exact) mass is 368 g/mol. The molecule has 3 nitrogen and oxygen atoms in total. The maximum absolute atomic E-state index is 12.6. The van der Waals surface area contributed by atoms with Gasteiger partial charge in [-0.15, -0.1) is 11.8 Å². The van der Waals surface area contributed by atoms with Gasteiger partial charge in [0.05, 0.1) is 11.3 Å². The molecule has 0 saturated carbocycles. The third kappa shape index (κ3) is 4.07. The first-order valence-electron chi connectivity index (χ1n) is 6.84. The third-order valence-corrected chi connectivity index (χ3v) is 5.05. The first kappa shape index (κ1) is 16.8. The number of halogens is 3. The fourth-order valence-corrected chi connectivity index (χ4v) is 3.46. The minimum atomic E-state index is -4.35. The number of benzene rings is 2. The van der Waals surface area contributed by atoms with Gasteiger partial charge >= 0.3 is 6.18 Å². The molecule has 0 spiro atoms. The zero-order valence-corrected chi connectivity index (χ0v) is 13.8. The lowest BCUT2D eigenvalue weighted by atomic mass is 10.1. The number of rotatable bonds is 4. The number of phenolic OH excluding ortho intramolecular Hbond substituents is 1. The molecule has 1 aromatic heterocycles. The van der Waals surface area contributed by atoms with E-state index in [4.69, 9.17) is 0 Å². The molecule has 0 unspecified atom stereocenters. The van der Waals surface area contributed by atoms with Crippen LogP contribution in [-0.2, 0) is 11.9 Å². The second-order valence-electron chi connectivity index (χ2n) is 4.87. The molecule has 3 rings (SSSR count). The molecule has 8 heteroatoms. The van der Waals surface area contributed by atoms with Crippen molar-refractivity contribution >= 4 is 23.3 Å². The standard InChI is InChI=1S/C16H11F3N2OS2/c17-16(18,19)11-3-1-10(2-4-11)15-20-14(24-21-15)9-23-13-7-5-12(22)6-8-13/h1-8,22H,9H2. The number of hydrogen-bond acceptors (Lipinski definition) is 5. The maximum Gasteiger partial charge on any atom is 0.416 e. The van der Waals surface area contributed by atoms with Crippen molar-refractivity contribution in [2.24, 2.45) is 0 Å². The number of alkyl halides is 3. The summed E-state index contributed by atoms with van der Waals surface area (Å²) in [7, 11) is 0. The second kappa shape index (κ2) is 6.82. The van der Waals surface area contributed by atoms with E-state index in [0.29, 0.717) is 17.1 Å². The van der Waals surface area contributed by atoms with E-state index in [-0.39, 0.29) is 5.75 Å². The fourth-order valence-electron chi connectivity index (χ4n) is 1.93. The van der Waals surface area contributed by atoms with Crippen LogP contribution in [0.2, 0.25) is 0 Å². The Morgan fingerprint density at radius 1 is 1.00 bits per heavy atom. The smallest absolute Gasteiger partial charge is 0.416 e. The topological polar surface area (TPSA) is 46.0 Å². The van der Waals surface area contributed by atoms with Crippen LogP contribution in [0.5, 0.6) is 5.75 Å². The summed E-state index contributed by atoms with van der Waals surface area (Å²) in [5, 5.41) is 10.0. The third-order valence-electron chi connectivity index (χ3n) is 3.14. The number of thioether (sulfide) groups is 1. The van der Waals surface area contributed by atoms with E-state index in [0.717, 1.165) is 22.0 Å². The highest BCUT2D eigenvalue weighted by Crippen LogP contribution is 2.31. The zero-order valence-electron chi connectivity index (χ0n) is 12.1. The summed E-state index contributed by atoms with van der Waals surface area (Å²) in [6.45, 7) is 0. The van der Waals surface area contributed by atoms with Crippen LogP contribution in [0.4, 0.5) is 13.2 Å². The normalized spacial score (nSPS) is 11.6. The lowest BCUT2D eigenvalue weighted by Crippen LogP contribution is -2.04. The Hall–Kier alpha value is -2.06. The first-order valence-corrected chi connectivity index (χ1v) is 8.60. The zero-order chi connectivity index (χ0) is 17.2. The fraction of sp³-hybridized carbons (Fsp3) is 0.125. The molecule has 0 radical (unpaired) electrons. The molecule has 0 aliphatic carbocycles. The maximum atomic E-state index is 12.6. The molecule has 2 aromatic carbocycles. The summed E-state index contributed by atoms with van der Waals surface area (Å²) in [6, 6.07) is 11.6. The van der Waals surface area contributed by atoms with Gasteiger partial charge in [0.15, 0.2) is 5.82 Å². The van der Waals surface area contributed by atoms with E-state index in [9.17, 15) is 18.3 Å². The van der Waals surface area contributed by atoms with Gasteiger partial charge in [-0.2, -0.15) is 17.5 Å². The minimum absolute atomic E-state index is 0.208. The Morgan fingerprint density at radius 3 is 2.29 bits per heavy atom. The predicted octanol–water partition coefficient (Wildman–Crippen LogP) is 5.22. The molecule has 0 atom stereocenters. The summed E-state index contributed by atoms with van der Waals surface area (Å²) < 4.78 is 41.9. The highest BCUT2D eigenvalue weighted by atomic mass is 32.2. The number of nitrogens with zero attached hydrogens (tertiary/aromatic N) is 2. The van der Waals surface area contributed by atoms with Crippen molar-refractivity contribution in [3.8, 4) is 17.1 Å². The molecule has 0 aliphatic rings. The van der Waals surface area contributed by atoms with Crippen molar-refractivity contribution in [2.45, 2.75) is 16.8 Å². The summed E-state index contributed by atoms with van der Waals surface area (Å²) in [5.41, 5.74) is -0.135. The molecule has 1 heterocycles. The molecule has 124 valence electrons. The second-order valence-corrected chi connectivity index (χ2v) is 6.75. The van der Waals surface area contributed by atoms with Crippen molar-refractivity contribution < 1.29 is 18.3 Å². The van der Waals surface area contributed by atoms with E-state index in [1.165, 1.54) is 23.7 Å². The highest BCUT2D eigenvalue weighted by Gasteiger charge is 2.30. The van der Waals surface area contributed by atoms with Crippen molar-refractivity contribution in [1.82, 2.24) is 9.36 Å². The van der Waals surface area contributed by atoms with E-state index >= 15 is 0 Å². The Labute approximate surface area is 144 Å². The van der Waals surface area contributed by atoms with Gasteiger partial charge in [-0.3, -0.25) is 0 Å². The summed E-state index contributed by atoms with van der Waals surface area (Å²) in [5.74, 6) is 1.23. The van der Waals surface area contributed by atoms with Crippen LogP contribution < -0.4 is 0 Å². The molecule has 0 aliphatic heterocycles. The van der Waals surface area contributed by atoms with Crippen LogP contribution in [0.1, 0.15) is 10.6 Å². The molecular formula is C16H11F3N2OS2. The molecular weight excluding hydrogens is 357 g/mol. The molecule has 0 fully saturated rings. The van der Waals surface area contributed by atoms with Crippen LogP contribution >= 0.6 is 23.3 Å². The van der Waals surface area contributed by atoms with E-state index in [1.54, 1.807) is 36.0 Å². The van der Waals surface area contributed by atoms with Gasteiger partial charge in [-0.1, -0.05) is 12.1 Å². The van der Waals surface area contributed by atoms with Gasteiger partial charge < -0.3 is 5.11 Å². The molecule has 0 amide bonds. The van der Waals surface area contributed by atoms with E-state index in [2.05, 4.69) is 9.36 Å². The van der Waals surface area contributed by atoms with Gasteiger partial charge in [0.2, 0.25) is 0 Å². The largest absolute Gasteiger partial charge is 0.508 e. The highest BCUT2D eigenvalue weighted by molar-refractivity contribution is 7.98. The number of hydrogen-bond donors (Lipinski definition) is 1. The van der Waals surface area contributed by atoms with Gasteiger partial charge in [0.25, 0.3) is 0 Å². The van der Waals surface area contributed by atoms with Crippen molar-refractivity contribution in [3.63, 3.8) is 0 Å². The molecule has 3 aromatic rings. The van der Waals surface area contributed by atoms with E-state index in [1.807, 2.05) is 0 Å². The first-order chi connectivity index (χ1) is 11.4. The number of aromatic hydroxyl groups is 1. The average molecular weight is 368 g/mol. The van der Waals surface area contributed by atoms with Crippen LogP contribution in [0.3, 0.4) is 0 Å². The SMILES string of the molecule is Oc1ccc(SCc2nc(-c3ccc(C(F)(F)F)cc3)ns2)cc1. The Balaban J connectivity index is 1.68. The average Bonchev–Trinajstić information content (AvgIpc) is 3.03. The summed E-state index contributed by atoms with van der Waals surface area (Å²) >= 11 is 2.77. The van der Waals surface area contributed by atoms with Crippen LogP contribution in [0.15, 0.2) is 53.4 Å². The van der Waals surface area contributed by atoms with Gasteiger partial charge in [-0.05, 0) is 47.9 Å². The lowest BCUT2D eigenvalue weighted by molar-refractivity contribution is -0.137. The Bertz CT molecular complexity index is 815. The Kier molecular flexibility index (Phi) is 4.77. The predicted molar refractivity (Wildman–Crippen MR) is 88.0 cm³/mol. The van der Waals surface area contributed by atoms with Crippen LogP contribution in [0, 0.1) is 0 Å². The van der Waals surface area contributed by atoms with Crippen molar-refractivity contribution in [3.05, 3.63) is 59.1 Å². The summed E-state index contributed by atoms with van der Waals surface area (Å²) in [4.78, 5) is 5.35. The molecule has 1 N–H and O–H groups in total. The van der Waals surface area contributed by atoms with Gasteiger partial charge in [0, 0.05) is 10.5 Å². The molecule has 0 saturated heterocycles. The van der Waals surface area contributed by atoms with Crippen LogP contribution in [0.25, 0.3) is 11.4 Å². The molecule has 24 heavy (non-hydrogen) atoms. The quantitative estimate of drug-likeness (QED) is 0.641. The van der Waals surface area contributed by atoms with Crippen molar-refractivity contribution in [1.29, 1.82) is 0 Å². The Morgan fingerprint density at radius 2 is 1.67 bits per heavy atom.